The lowest BCUT2D eigenvalue weighted by Crippen LogP contribution is -2.34. The van der Waals surface area contributed by atoms with Crippen LogP contribution in [-0.4, -0.2) is 53.7 Å². The summed E-state index contributed by atoms with van der Waals surface area (Å²) < 4.78 is 0. The monoisotopic (exact) mass is 224 g/mol. The Morgan fingerprint density at radius 2 is 2.12 bits per heavy atom. The van der Waals surface area contributed by atoms with Crippen molar-refractivity contribution in [1.82, 2.24) is 9.80 Å². The number of Topliss-reactive ketones (excluding diaryl/α,β-unsaturated/α-hetero) is 1. The Bertz CT molecular complexity index is 301. The van der Waals surface area contributed by atoms with Gasteiger partial charge in [-0.15, -0.1) is 0 Å². The van der Waals surface area contributed by atoms with Crippen LogP contribution >= 0.6 is 0 Å². The maximum absolute atomic E-state index is 11.5. The Labute approximate surface area is 96.6 Å². The molecular formula is C12H20N2O2. The number of nitrogens with zero attached hydrogens (tertiary/aromatic N) is 2. The van der Waals surface area contributed by atoms with Crippen molar-refractivity contribution >= 4 is 11.7 Å². The van der Waals surface area contributed by atoms with E-state index in [0.29, 0.717) is 18.5 Å². The van der Waals surface area contributed by atoms with Crippen molar-refractivity contribution in [2.24, 2.45) is 5.92 Å². The second kappa shape index (κ2) is 4.53. The first kappa shape index (κ1) is 11.6. The SMILES string of the molecule is CC(C)N1CCC(CN2CC(=O)CC2=O)C1. The molecule has 4 heteroatoms. The lowest BCUT2D eigenvalue weighted by molar-refractivity contribution is -0.128. The van der Waals surface area contributed by atoms with Gasteiger partial charge in [0, 0.05) is 19.1 Å². The summed E-state index contributed by atoms with van der Waals surface area (Å²) in [5, 5.41) is 0. The van der Waals surface area contributed by atoms with E-state index < -0.39 is 0 Å². The van der Waals surface area contributed by atoms with Crippen LogP contribution in [0.2, 0.25) is 0 Å². The van der Waals surface area contributed by atoms with Gasteiger partial charge >= 0.3 is 0 Å². The van der Waals surface area contributed by atoms with Crippen molar-refractivity contribution in [3.05, 3.63) is 0 Å². The molecule has 90 valence electrons. The summed E-state index contributed by atoms with van der Waals surface area (Å²) in [5.41, 5.74) is 0. The molecule has 4 nitrogen and oxygen atoms in total. The van der Waals surface area contributed by atoms with Crippen molar-refractivity contribution in [3.63, 3.8) is 0 Å². The average molecular weight is 224 g/mol. The van der Waals surface area contributed by atoms with Crippen molar-refractivity contribution in [3.8, 4) is 0 Å². The molecule has 16 heavy (non-hydrogen) atoms. The van der Waals surface area contributed by atoms with E-state index in [1.807, 2.05) is 0 Å². The molecule has 0 saturated carbocycles. The molecule has 2 fully saturated rings. The van der Waals surface area contributed by atoms with Crippen molar-refractivity contribution in [1.29, 1.82) is 0 Å². The van der Waals surface area contributed by atoms with Gasteiger partial charge < -0.3 is 9.80 Å². The van der Waals surface area contributed by atoms with Crippen molar-refractivity contribution in [2.45, 2.75) is 32.7 Å². The van der Waals surface area contributed by atoms with E-state index in [1.54, 1.807) is 4.90 Å². The normalized spacial score (nSPS) is 27.4. The minimum atomic E-state index is 0.0213. The maximum atomic E-state index is 11.5. The highest BCUT2D eigenvalue weighted by Crippen LogP contribution is 2.21. The first-order valence-corrected chi connectivity index (χ1v) is 6.10. The molecule has 2 aliphatic heterocycles. The highest BCUT2D eigenvalue weighted by atomic mass is 16.2. The van der Waals surface area contributed by atoms with Gasteiger partial charge in [0.05, 0.1) is 13.0 Å². The fourth-order valence-electron chi connectivity index (χ4n) is 2.60. The molecule has 0 aliphatic carbocycles. The Kier molecular flexibility index (Phi) is 3.28. The number of ketones is 1. The lowest BCUT2D eigenvalue weighted by Gasteiger charge is -2.22. The third kappa shape index (κ3) is 2.43. The molecule has 1 atom stereocenters. The zero-order chi connectivity index (χ0) is 11.7. The predicted molar refractivity (Wildman–Crippen MR) is 61.0 cm³/mol. The summed E-state index contributed by atoms with van der Waals surface area (Å²) in [6.07, 6.45) is 1.27. The zero-order valence-electron chi connectivity index (χ0n) is 10.1. The van der Waals surface area contributed by atoms with Gasteiger partial charge in [0.2, 0.25) is 5.91 Å². The fourth-order valence-corrected chi connectivity index (χ4v) is 2.60. The quantitative estimate of drug-likeness (QED) is 0.656. The summed E-state index contributed by atoms with van der Waals surface area (Å²) >= 11 is 0. The molecule has 0 bridgehead atoms. The molecule has 0 radical (unpaired) electrons. The standard InChI is InChI=1S/C12H20N2O2/c1-9(2)13-4-3-10(6-13)7-14-8-11(15)5-12(14)16/h9-10H,3-8H2,1-2H3. The number of amides is 1. The van der Waals surface area contributed by atoms with Gasteiger partial charge in [0.1, 0.15) is 0 Å². The molecule has 2 rings (SSSR count). The predicted octanol–water partition coefficient (Wildman–Crippen LogP) is 0.518. The van der Waals surface area contributed by atoms with Crippen LogP contribution in [0, 0.1) is 5.92 Å². The molecule has 1 amide bonds. The molecule has 0 aromatic carbocycles. The van der Waals surface area contributed by atoms with Gasteiger partial charge in [-0.3, -0.25) is 9.59 Å². The zero-order valence-corrected chi connectivity index (χ0v) is 10.1. The summed E-state index contributed by atoms with van der Waals surface area (Å²) in [6.45, 7) is 7.71. The van der Waals surface area contributed by atoms with Crippen molar-refractivity contribution < 1.29 is 9.59 Å². The van der Waals surface area contributed by atoms with E-state index >= 15 is 0 Å². The van der Waals surface area contributed by atoms with Crippen LogP contribution in [0.5, 0.6) is 0 Å². The largest absolute Gasteiger partial charge is 0.335 e. The van der Waals surface area contributed by atoms with Gasteiger partial charge in [0.15, 0.2) is 5.78 Å². The molecule has 2 heterocycles. The van der Waals surface area contributed by atoms with E-state index in [1.165, 1.54) is 0 Å². The first-order valence-electron chi connectivity index (χ1n) is 6.10. The van der Waals surface area contributed by atoms with Gasteiger partial charge in [-0.25, -0.2) is 0 Å². The fraction of sp³-hybridized carbons (Fsp3) is 0.833. The number of hydrogen-bond donors (Lipinski definition) is 0. The number of carbonyl (C=O) groups excluding carboxylic acids is 2. The van der Waals surface area contributed by atoms with E-state index in [4.69, 9.17) is 0 Å². The van der Waals surface area contributed by atoms with E-state index in [-0.39, 0.29) is 18.1 Å². The lowest BCUT2D eigenvalue weighted by atomic mass is 10.1. The maximum Gasteiger partial charge on any atom is 0.230 e. The molecule has 1 unspecified atom stereocenters. The number of likely N-dealkylation sites (tertiary alicyclic amines) is 2. The van der Waals surface area contributed by atoms with Crippen LogP contribution in [0.15, 0.2) is 0 Å². The number of carbonyl (C=O) groups is 2. The third-order valence-electron chi connectivity index (χ3n) is 3.59. The Morgan fingerprint density at radius 3 is 2.62 bits per heavy atom. The highest BCUT2D eigenvalue weighted by Gasteiger charge is 2.32. The molecule has 0 aromatic rings. The topological polar surface area (TPSA) is 40.6 Å². The first-order chi connectivity index (χ1) is 7.56. The Hall–Kier alpha value is -0.900. The van der Waals surface area contributed by atoms with Crippen LogP contribution in [-0.2, 0) is 9.59 Å². The number of rotatable bonds is 3. The summed E-state index contributed by atoms with van der Waals surface area (Å²) in [6, 6.07) is 0.584. The summed E-state index contributed by atoms with van der Waals surface area (Å²) in [5.74, 6) is 0.647. The Balaban J connectivity index is 1.83. The van der Waals surface area contributed by atoms with E-state index in [0.717, 1.165) is 26.1 Å². The van der Waals surface area contributed by atoms with E-state index in [9.17, 15) is 9.59 Å². The summed E-state index contributed by atoms with van der Waals surface area (Å²) in [7, 11) is 0. The second-order valence-electron chi connectivity index (χ2n) is 5.23. The molecular weight excluding hydrogens is 204 g/mol. The molecule has 0 N–H and O–H groups in total. The molecule has 2 aliphatic rings. The van der Waals surface area contributed by atoms with Crippen LogP contribution < -0.4 is 0 Å². The van der Waals surface area contributed by atoms with Crippen LogP contribution in [0.25, 0.3) is 0 Å². The average Bonchev–Trinajstić information content (AvgIpc) is 2.75. The van der Waals surface area contributed by atoms with Crippen molar-refractivity contribution in [2.75, 3.05) is 26.2 Å². The number of hydrogen-bond acceptors (Lipinski definition) is 3. The smallest absolute Gasteiger partial charge is 0.230 e. The highest BCUT2D eigenvalue weighted by molar-refractivity contribution is 6.05. The van der Waals surface area contributed by atoms with Gasteiger partial charge in [-0.05, 0) is 32.7 Å². The summed E-state index contributed by atoms with van der Waals surface area (Å²) in [4.78, 5) is 26.8. The van der Waals surface area contributed by atoms with Crippen LogP contribution in [0.4, 0.5) is 0 Å². The van der Waals surface area contributed by atoms with Crippen LogP contribution in [0.3, 0.4) is 0 Å². The van der Waals surface area contributed by atoms with E-state index in [2.05, 4.69) is 18.7 Å². The Morgan fingerprint density at radius 1 is 1.38 bits per heavy atom. The molecule has 0 spiro atoms. The van der Waals surface area contributed by atoms with Gasteiger partial charge in [-0.2, -0.15) is 0 Å². The third-order valence-corrected chi connectivity index (χ3v) is 3.59. The van der Waals surface area contributed by atoms with Crippen LogP contribution in [0.1, 0.15) is 26.7 Å². The molecule has 0 aromatic heterocycles. The minimum absolute atomic E-state index is 0.0213. The minimum Gasteiger partial charge on any atom is -0.335 e. The van der Waals surface area contributed by atoms with Gasteiger partial charge in [-0.1, -0.05) is 0 Å². The second-order valence-corrected chi connectivity index (χ2v) is 5.23. The van der Waals surface area contributed by atoms with Gasteiger partial charge in [0.25, 0.3) is 0 Å². The molecule has 2 saturated heterocycles.